The van der Waals surface area contributed by atoms with Crippen LogP contribution in [0.3, 0.4) is 0 Å². The summed E-state index contributed by atoms with van der Waals surface area (Å²) < 4.78 is 33.8. The highest BCUT2D eigenvalue weighted by Gasteiger charge is 2.17. The fraction of sp³-hybridized carbons (Fsp3) is 0.125. The van der Waals surface area contributed by atoms with Crippen LogP contribution in [-0.2, 0) is 11.3 Å². The number of thioether (sulfide) groups is 1. The summed E-state index contributed by atoms with van der Waals surface area (Å²) in [6.45, 7) is 0.363. The maximum absolute atomic E-state index is 13.5. The van der Waals surface area contributed by atoms with Crippen LogP contribution >= 0.6 is 11.8 Å². The summed E-state index contributed by atoms with van der Waals surface area (Å²) in [5, 5.41) is 11.8. The minimum atomic E-state index is -0.374. The summed E-state index contributed by atoms with van der Waals surface area (Å²) in [5.41, 5.74) is 2.18. The van der Waals surface area contributed by atoms with Crippen molar-refractivity contribution in [2.75, 3.05) is 12.9 Å². The molecule has 4 rings (SSSR count). The lowest BCUT2D eigenvalue weighted by molar-refractivity contribution is -0.118. The topological polar surface area (TPSA) is 69.0 Å². The van der Waals surface area contributed by atoms with E-state index in [1.807, 2.05) is 24.3 Å². The fourth-order valence-corrected chi connectivity index (χ4v) is 3.92. The summed E-state index contributed by atoms with van der Waals surface area (Å²) in [6.07, 6.45) is 0. The number of benzene rings is 3. The van der Waals surface area contributed by atoms with Crippen molar-refractivity contribution in [2.45, 2.75) is 11.7 Å². The Balaban J connectivity index is 1.51. The molecule has 0 bridgehead atoms. The number of hydrogen-bond acceptors (Lipinski definition) is 5. The number of aromatic nitrogens is 3. The standard InChI is InChI=1S/C24H20F2N4O2S/c1-32-21-4-2-3-16(13-21)14-27-22(31)15-33-24-29-28-23(17-5-7-18(25)8-6-17)30(24)20-11-9-19(26)10-12-20/h2-13H,14-15H2,1H3,(H,27,31). The van der Waals surface area contributed by atoms with Crippen LogP contribution in [0.5, 0.6) is 5.75 Å². The molecule has 168 valence electrons. The molecule has 1 N–H and O–H groups in total. The smallest absolute Gasteiger partial charge is 0.230 e. The Hall–Kier alpha value is -3.72. The number of ether oxygens (including phenoxy) is 1. The molecule has 0 atom stereocenters. The average Bonchev–Trinajstić information content (AvgIpc) is 3.26. The van der Waals surface area contributed by atoms with E-state index in [1.165, 1.54) is 36.0 Å². The maximum Gasteiger partial charge on any atom is 0.230 e. The second kappa shape index (κ2) is 10.3. The Morgan fingerprint density at radius 2 is 1.70 bits per heavy atom. The number of amides is 1. The van der Waals surface area contributed by atoms with Gasteiger partial charge in [0.25, 0.3) is 0 Å². The van der Waals surface area contributed by atoms with Gasteiger partial charge in [-0.25, -0.2) is 8.78 Å². The third-order valence-electron chi connectivity index (χ3n) is 4.78. The summed E-state index contributed by atoms with van der Waals surface area (Å²) in [5.74, 6) is 0.361. The molecule has 0 saturated heterocycles. The summed E-state index contributed by atoms with van der Waals surface area (Å²) in [7, 11) is 1.59. The Morgan fingerprint density at radius 1 is 1.00 bits per heavy atom. The largest absolute Gasteiger partial charge is 0.497 e. The van der Waals surface area contributed by atoms with E-state index in [2.05, 4.69) is 15.5 Å². The predicted molar refractivity (Wildman–Crippen MR) is 122 cm³/mol. The van der Waals surface area contributed by atoms with Crippen molar-refractivity contribution < 1.29 is 18.3 Å². The van der Waals surface area contributed by atoms with Crippen LogP contribution in [0.4, 0.5) is 8.78 Å². The molecule has 3 aromatic carbocycles. The van der Waals surface area contributed by atoms with Gasteiger partial charge in [-0.05, 0) is 66.2 Å². The van der Waals surface area contributed by atoms with E-state index in [4.69, 9.17) is 4.74 Å². The van der Waals surface area contributed by atoms with Gasteiger partial charge in [-0.2, -0.15) is 0 Å². The molecule has 6 nitrogen and oxygen atoms in total. The van der Waals surface area contributed by atoms with E-state index >= 15 is 0 Å². The number of nitrogens with zero attached hydrogens (tertiary/aromatic N) is 3. The lowest BCUT2D eigenvalue weighted by atomic mass is 10.2. The molecule has 9 heteroatoms. The first-order chi connectivity index (χ1) is 16.0. The van der Waals surface area contributed by atoms with E-state index in [1.54, 1.807) is 35.9 Å². The first-order valence-electron chi connectivity index (χ1n) is 10.0. The molecule has 0 fully saturated rings. The van der Waals surface area contributed by atoms with Gasteiger partial charge < -0.3 is 10.1 Å². The molecule has 0 spiro atoms. The summed E-state index contributed by atoms with van der Waals surface area (Å²) in [4.78, 5) is 12.4. The second-order valence-electron chi connectivity index (χ2n) is 7.04. The van der Waals surface area contributed by atoms with Gasteiger partial charge in [0.05, 0.1) is 12.9 Å². The highest BCUT2D eigenvalue weighted by Crippen LogP contribution is 2.28. The number of carbonyl (C=O) groups excluding carboxylic acids is 1. The van der Waals surface area contributed by atoms with Crippen LogP contribution < -0.4 is 10.1 Å². The summed E-state index contributed by atoms with van der Waals surface area (Å²) >= 11 is 1.20. The maximum atomic E-state index is 13.5. The van der Waals surface area contributed by atoms with Gasteiger partial charge in [0, 0.05) is 17.8 Å². The quantitative estimate of drug-likeness (QED) is 0.384. The zero-order valence-electron chi connectivity index (χ0n) is 17.7. The highest BCUT2D eigenvalue weighted by molar-refractivity contribution is 7.99. The number of methoxy groups -OCH3 is 1. The molecule has 0 aliphatic carbocycles. The number of nitrogens with one attached hydrogen (secondary N) is 1. The molecular formula is C24H20F2N4O2S. The van der Waals surface area contributed by atoms with Gasteiger partial charge in [0.1, 0.15) is 17.4 Å². The molecule has 0 aliphatic heterocycles. The van der Waals surface area contributed by atoms with Crippen molar-refractivity contribution in [3.63, 3.8) is 0 Å². The van der Waals surface area contributed by atoms with Crippen molar-refractivity contribution in [3.05, 3.63) is 90.0 Å². The minimum absolute atomic E-state index is 0.104. The van der Waals surface area contributed by atoms with Crippen LogP contribution in [0.15, 0.2) is 78.0 Å². The SMILES string of the molecule is COc1cccc(CNC(=O)CSc2nnc(-c3ccc(F)cc3)n2-c2ccc(F)cc2)c1. The molecule has 0 radical (unpaired) electrons. The minimum Gasteiger partial charge on any atom is -0.497 e. The van der Waals surface area contributed by atoms with Crippen molar-refractivity contribution in [2.24, 2.45) is 0 Å². The van der Waals surface area contributed by atoms with Gasteiger partial charge >= 0.3 is 0 Å². The van der Waals surface area contributed by atoms with Crippen LogP contribution in [-0.4, -0.2) is 33.5 Å². The van der Waals surface area contributed by atoms with Crippen LogP contribution in [0, 0.1) is 11.6 Å². The molecule has 1 amide bonds. The predicted octanol–water partition coefficient (Wildman–Crippen LogP) is 4.63. The van der Waals surface area contributed by atoms with E-state index in [-0.39, 0.29) is 23.3 Å². The van der Waals surface area contributed by atoms with Crippen molar-refractivity contribution in [1.82, 2.24) is 20.1 Å². The second-order valence-corrected chi connectivity index (χ2v) is 7.98. The fourth-order valence-electron chi connectivity index (χ4n) is 3.14. The lowest BCUT2D eigenvalue weighted by Gasteiger charge is -2.11. The van der Waals surface area contributed by atoms with Crippen molar-refractivity contribution >= 4 is 17.7 Å². The average molecular weight is 467 g/mol. The Bertz CT molecular complexity index is 1240. The van der Waals surface area contributed by atoms with Gasteiger partial charge in [-0.1, -0.05) is 23.9 Å². The van der Waals surface area contributed by atoms with Crippen LogP contribution in [0.2, 0.25) is 0 Å². The number of carbonyl (C=O) groups is 1. The zero-order valence-corrected chi connectivity index (χ0v) is 18.5. The third-order valence-corrected chi connectivity index (χ3v) is 5.71. The van der Waals surface area contributed by atoms with Crippen molar-refractivity contribution in [1.29, 1.82) is 0 Å². The van der Waals surface area contributed by atoms with Gasteiger partial charge in [0.2, 0.25) is 5.91 Å². The first kappa shape index (κ1) is 22.5. The van der Waals surface area contributed by atoms with Gasteiger partial charge in [-0.3, -0.25) is 9.36 Å². The van der Waals surface area contributed by atoms with E-state index in [9.17, 15) is 13.6 Å². The molecule has 0 aliphatic rings. The monoisotopic (exact) mass is 466 g/mol. The van der Waals surface area contributed by atoms with Crippen LogP contribution in [0.25, 0.3) is 17.1 Å². The Labute approximate surface area is 193 Å². The molecule has 0 saturated carbocycles. The number of halogens is 2. The van der Waals surface area contributed by atoms with Gasteiger partial charge in [0.15, 0.2) is 11.0 Å². The molecule has 0 unspecified atom stereocenters. The molecule has 1 heterocycles. The first-order valence-corrected chi connectivity index (χ1v) is 11.0. The summed E-state index contributed by atoms with van der Waals surface area (Å²) in [6, 6.07) is 19.2. The molecule has 4 aromatic rings. The zero-order chi connectivity index (χ0) is 23.2. The normalized spacial score (nSPS) is 10.8. The Morgan fingerprint density at radius 3 is 2.39 bits per heavy atom. The lowest BCUT2D eigenvalue weighted by Crippen LogP contribution is -2.24. The van der Waals surface area contributed by atoms with E-state index in [0.717, 1.165) is 11.3 Å². The number of hydrogen-bond donors (Lipinski definition) is 1. The number of rotatable bonds is 8. The van der Waals surface area contributed by atoms with E-state index in [0.29, 0.717) is 28.8 Å². The third kappa shape index (κ3) is 5.56. The Kier molecular flexibility index (Phi) is 6.99. The highest BCUT2D eigenvalue weighted by atomic mass is 32.2. The molecular weight excluding hydrogens is 446 g/mol. The van der Waals surface area contributed by atoms with Crippen molar-refractivity contribution in [3.8, 4) is 22.8 Å². The molecule has 33 heavy (non-hydrogen) atoms. The molecule has 1 aromatic heterocycles. The van der Waals surface area contributed by atoms with E-state index < -0.39 is 0 Å². The van der Waals surface area contributed by atoms with Crippen LogP contribution in [0.1, 0.15) is 5.56 Å². The van der Waals surface area contributed by atoms with Gasteiger partial charge in [-0.15, -0.1) is 10.2 Å².